The lowest BCUT2D eigenvalue weighted by atomic mass is 9.91. The quantitative estimate of drug-likeness (QED) is 0.564. The highest BCUT2D eigenvalue weighted by molar-refractivity contribution is 5.69. The molecule has 5 rings (SSSR count). The third kappa shape index (κ3) is 5.61. The number of aromatic nitrogens is 1. The predicted molar refractivity (Wildman–Crippen MR) is 136 cm³/mol. The predicted octanol–water partition coefficient (Wildman–Crippen LogP) is 4.72. The van der Waals surface area contributed by atoms with Gasteiger partial charge in [-0.05, 0) is 93.8 Å². The smallest absolute Gasteiger partial charge is 0.317 e. The van der Waals surface area contributed by atoms with Crippen molar-refractivity contribution in [3.05, 3.63) is 65.0 Å². The Kier molecular flexibility index (Phi) is 7.14. The average Bonchev–Trinajstić information content (AvgIpc) is 3.70. The van der Waals surface area contributed by atoms with E-state index in [1.165, 1.54) is 41.9 Å². The van der Waals surface area contributed by atoms with Crippen LogP contribution in [0.15, 0.2) is 53.7 Å². The van der Waals surface area contributed by atoms with E-state index in [1.807, 2.05) is 0 Å². The van der Waals surface area contributed by atoms with Gasteiger partial charge in [0, 0.05) is 36.1 Å². The molecule has 6 nitrogen and oxygen atoms in total. The second-order valence-corrected chi connectivity index (χ2v) is 9.86. The van der Waals surface area contributed by atoms with Gasteiger partial charge in [0.05, 0.1) is 6.54 Å². The Balaban J connectivity index is 1.29. The largest absolute Gasteiger partial charge is 0.480 e. The van der Waals surface area contributed by atoms with Crippen LogP contribution in [0.2, 0.25) is 0 Å². The lowest BCUT2D eigenvalue weighted by molar-refractivity contribution is -0.138. The monoisotopic (exact) mass is 460 g/mol. The Morgan fingerprint density at radius 2 is 1.88 bits per heavy atom. The molecule has 2 fully saturated rings. The maximum atomic E-state index is 11.1. The van der Waals surface area contributed by atoms with Gasteiger partial charge in [0.2, 0.25) is 0 Å². The number of nitrogens with zero attached hydrogens (tertiary/aromatic N) is 3. The molecular weight excluding hydrogens is 424 g/mol. The number of piperidine rings is 1. The zero-order valence-electron chi connectivity index (χ0n) is 20.0. The lowest BCUT2D eigenvalue weighted by Crippen LogP contribution is -2.40. The van der Waals surface area contributed by atoms with Gasteiger partial charge in [0.1, 0.15) is 5.82 Å². The fraction of sp³-hybridized carbons (Fsp3) is 0.500. The van der Waals surface area contributed by atoms with Crippen molar-refractivity contribution in [2.75, 3.05) is 42.9 Å². The van der Waals surface area contributed by atoms with Crippen LogP contribution in [0.4, 0.5) is 11.5 Å². The van der Waals surface area contributed by atoms with Crippen molar-refractivity contribution in [1.82, 2.24) is 9.88 Å². The molecule has 0 radical (unpaired) electrons. The van der Waals surface area contributed by atoms with Crippen LogP contribution in [-0.2, 0) is 17.6 Å². The van der Waals surface area contributed by atoms with E-state index in [0.717, 1.165) is 64.1 Å². The molecule has 2 N–H and O–H groups in total. The van der Waals surface area contributed by atoms with E-state index in [-0.39, 0.29) is 6.54 Å². The number of aliphatic carboxylic acids is 1. The van der Waals surface area contributed by atoms with Crippen LogP contribution >= 0.6 is 0 Å². The molecule has 1 aromatic carbocycles. The molecule has 1 saturated carbocycles. The van der Waals surface area contributed by atoms with Crippen LogP contribution in [0.3, 0.4) is 0 Å². The molecule has 0 unspecified atom stereocenters. The fourth-order valence-electron chi connectivity index (χ4n) is 5.50. The Labute approximate surface area is 202 Å². The molecule has 0 amide bonds. The van der Waals surface area contributed by atoms with Crippen LogP contribution in [0, 0.1) is 5.92 Å². The minimum absolute atomic E-state index is 0.156. The summed E-state index contributed by atoms with van der Waals surface area (Å²) in [5.41, 5.74) is 6.89. The minimum atomic E-state index is -0.726. The third-order valence-corrected chi connectivity index (χ3v) is 7.32. The summed E-state index contributed by atoms with van der Waals surface area (Å²) in [5, 5.41) is 12.6. The fourth-order valence-corrected chi connectivity index (χ4v) is 5.50. The number of fused-ring (bicyclic) bond motifs is 1. The van der Waals surface area contributed by atoms with Gasteiger partial charge in [-0.2, -0.15) is 0 Å². The van der Waals surface area contributed by atoms with Crippen LogP contribution in [0.5, 0.6) is 0 Å². The van der Waals surface area contributed by atoms with Crippen LogP contribution in [0.25, 0.3) is 0 Å². The number of nitrogens with one attached hydrogen (secondary N) is 1. The van der Waals surface area contributed by atoms with Gasteiger partial charge in [0.15, 0.2) is 0 Å². The van der Waals surface area contributed by atoms with Crippen molar-refractivity contribution in [3.63, 3.8) is 0 Å². The molecule has 2 aliphatic heterocycles. The summed E-state index contributed by atoms with van der Waals surface area (Å²) in [6, 6.07) is 15.2. The van der Waals surface area contributed by atoms with Gasteiger partial charge in [0.25, 0.3) is 0 Å². The standard InChI is InChI=1S/C28H36N4O2/c33-26(34)20-31-18-14-22(15-19-31)27(21-10-11-21)32(25-8-2-1-3-9-25)17-5-7-24-13-12-23-6-4-16-29-28(23)30-24/h1-3,8-9,12-13,22H,4-7,10-11,14-20H2,(H,29,30)(H,33,34). The van der Waals surface area contributed by atoms with Crippen molar-refractivity contribution >= 4 is 17.5 Å². The number of para-hydroxylation sites is 1. The van der Waals surface area contributed by atoms with E-state index >= 15 is 0 Å². The van der Waals surface area contributed by atoms with Gasteiger partial charge >= 0.3 is 5.97 Å². The molecular formula is C28H36N4O2. The first kappa shape index (κ1) is 22.9. The number of benzene rings is 1. The molecule has 3 heterocycles. The SMILES string of the molecule is O=C(O)CN1CCC(C(=C2CC2)N(CCCc2ccc3c(n2)NCCC3)c2ccccc2)CC1. The molecule has 0 bridgehead atoms. The average molecular weight is 461 g/mol. The van der Waals surface area contributed by atoms with E-state index in [2.05, 4.69) is 57.6 Å². The zero-order valence-corrected chi connectivity index (χ0v) is 20.0. The van der Waals surface area contributed by atoms with Crippen molar-refractivity contribution in [2.45, 2.75) is 51.4 Å². The van der Waals surface area contributed by atoms with Gasteiger partial charge in [-0.3, -0.25) is 9.69 Å². The van der Waals surface area contributed by atoms with Crippen molar-refractivity contribution in [1.29, 1.82) is 0 Å². The molecule has 0 spiro atoms. The third-order valence-electron chi connectivity index (χ3n) is 7.32. The number of anilines is 2. The van der Waals surface area contributed by atoms with E-state index < -0.39 is 5.97 Å². The Morgan fingerprint density at radius 1 is 1.09 bits per heavy atom. The van der Waals surface area contributed by atoms with Crippen molar-refractivity contribution < 1.29 is 9.90 Å². The maximum Gasteiger partial charge on any atom is 0.317 e. The summed E-state index contributed by atoms with van der Waals surface area (Å²) in [6.07, 6.45) is 8.80. The molecule has 3 aliphatic rings. The van der Waals surface area contributed by atoms with E-state index in [1.54, 1.807) is 5.57 Å². The Morgan fingerprint density at radius 3 is 2.62 bits per heavy atom. The number of hydrogen-bond donors (Lipinski definition) is 2. The van der Waals surface area contributed by atoms with Gasteiger partial charge in [-0.1, -0.05) is 24.3 Å². The summed E-state index contributed by atoms with van der Waals surface area (Å²) in [7, 11) is 0. The first-order valence-corrected chi connectivity index (χ1v) is 12.9. The van der Waals surface area contributed by atoms with E-state index in [4.69, 9.17) is 10.1 Å². The highest BCUT2D eigenvalue weighted by Gasteiger charge is 2.32. The summed E-state index contributed by atoms with van der Waals surface area (Å²) in [4.78, 5) is 20.7. The Bertz CT molecular complexity index is 1020. The first-order chi connectivity index (χ1) is 16.7. The molecule has 1 saturated heterocycles. The number of hydrogen-bond acceptors (Lipinski definition) is 5. The molecule has 1 aromatic heterocycles. The maximum absolute atomic E-state index is 11.1. The number of carbonyl (C=O) groups is 1. The second-order valence-electron chi connectivity index (χ2n) is 9.86. The van der Waals surface area contributed by atoms with Crippen molar-refractivity contribution in [2.24, 2.45) is 5.92 Å². The number of carboxylic acids is 1. The zero-order chi connectivity index (χ0) is 23.3. The van der Waals surface area contributed by atoms with Crippen LogP contribution in [0.1, 0.15) is 49.8 Å². The van der Waals surface area contributed by atoms with Gasteiger partial charge in [-0.25, -0.2) is 4.98 Å². The molecule has 180 valence electrons. The Hall–Kier alpha value is -2.86. The normalized spacial score (nSPS) is 18.2. The van der Waals surface area contributed by atoms with E-state index in [0.29, 0.717) is 5.92 Å². The second kappa shape index (κ2) is 10.6. The number of allylic oxidation sites excluding steroid dienone is 2. The summed E-state index contributed by atoms with van der Waals surface area (Å²) in [5.74, 6) is 0.863. The highest BCUT2D eigenvalue weighted by atomic mass is 16.4. The molecule has 1 aliphatic carbocycles. The number of rotatable bonds is 9. The summed E-state index contributed by atoms with van der Waals surface area (Å²) >= 11 is 0. The molecule has 2 aromatic rings. The number of carboxylic acid groups (broad SMARTS) is 1. The van der Waals surface area contributed by atoms with Crippen LogP contribution in [-0.4, -0.2) is 53.7 Å². The highest BCUT2D eigenvalue weighted by Crippen LogP contribution is 2.41. The van der Waals surface area contributed by atoms with Gasteiger partial charge in [-0.15, -0.1) is 0 Å². The minimum Gasteiger partial charge on any atom is -0.480 e. The lowest BCUT2D eigenvalue weighted by Gasteiger charge is -2.38. The first-order valence-electron chi connectivity index (χ1n) is 12.9. The van der Waals surface area contributed by atoms with Gasteiger partial charge < -0.3 is 15.3 Å². The summed E-state index contributed by atoms with van der Waals surface area (Å²) in [6.45, 7) is 3.88. The molecule has 34 heavy (non-hydrogen) atoms. The van der Waals surface area contributed by atoms with Crippen LogP contribution < -0.4 is 10.2 Å². The molecule has 0 atom stereocenters. The number of likely N-dealkylation sites (tertiary alicyclic amines) is 1. The van der Waals surface area contributed by atoms with Crippen molar-refractivity contribution in [3.8, 4) is 0 Å². The van der Waals surface area contributed by atoms with E-state index in [9.17, 15) is 4.79 Å². The number of aryl methyl sites for hydroxylation is 2. The number of pyridine rings is 1. The summed E-state index contributed by atoms with van der Waals surface area (Å²) < 4.78 is 0. The topological polar surface area (TPSA) is 68.7 Å². The molecule has 6 heteroatoms.